The lowest BCUT2D eigenvalue weighted by atomic mass is 10.0. The van der Waals surface area contributed by atoms with Gasteiger partial charge in [-0.3, -0.25) is 9.69 Å². The molecule has 1 aromatic carbocycles. The quantitative estimate of drug-likeness (QED) is 0.379. The van der Waals surface area contributed by atoms with E-state index in [0.717, 1.165) is 44.2 Å². The van der Waals surface area contributed by atoms with Gasteiger partial charge < -0.3 is 5.73 Å². The second-order valence-corrected chi connectivity index (χ2v) is 7.91. The summed E-state index contributed by atoms with van der Waals surface area (Å²) in [7, 11) is 0. The maximum Gasteiger partial charge on any atom is 0.416 e. The molecule has 11 nitrogen and oxygen atoms in total. The maximum absolute atomic E-state index is 12.9. The number of benzene rings is 1. The van der Waals surface area contributed by atoms with Crippen LogP contribution in [0.25, 0.3) is 5.82 Å². The number of likely N-dealkylation sites (tertiary alicyclic amines) is 1. The summed E-state index contributed by atoms with van der Waals surface area (Å²) >= 11 is 0. The molecule has 188 valence electrons. The minimum Gasteiger partial charge on any atom is -0.378 e. The summed E-state index contributed by atoms with van der Waals surface area (Å²) in [6.45, 7) is 3.26. The second-order valence-electron chi connectivity index (χ2n) is 7.91. The van der Waals surface area contributed by atoms with Gasteiger partial charge in [0.1, 0.15) is 0 Å². The van der Waals surface area contributed by atoms with E-state index in [1.165, 1.54) is 16.8 Å². The Morgan fingerprint density at radius 1 is 1.34 bits per heavy atom. The number of halogens is 4. The molecule has 0 saturated carbocycles. The maximum atomic E-state index is 12.9. The van der Waals surface area contributed by atoms with Crippen LogP contribution in [0.2, 0.25) is 0 Å². The van der Waals surface area contributed by atoms with Crippen LogP contribution >= 0.6 is 12.4 Å². The number of anilines is 1. The van der Waals surface area contributed by atoms with Gasteiger partial charge in [-0.1, -0.05) is 23.8 Å². The Labute approximate surface area is 203 Å². The third kappa shape index (κ3) is 5.95. The normalized spacial score (nSPS) is 16.9. The third-order valence-corrected chi connectivity index (χ3v) is 5.56. The van der Waals surface area contributed by atoms with Crippen LogP contribution in [-0.4, -0.2) is 54.9 Å². The van der Waals surface area contributed by atoms with Crippen molar-refractivity contribution in [3.05, 3.63) is 46.8 Å². The van der Waals surface area contributed by atoms with Crippen LogP contribution in [-0.2, 0) is 12.7 Å². The molecule has 4 rings (SSSR count). The van der Waals surface area contributed by atoms with Crippen LogP contribution in [0.15, 0.2) is 34.0 Å². The first kappa shape index (κ1) is 26.1. The topological polar surface area (TPSA) is 140 Å². The van der Waals surface area contributed by atoms with Crippen LogP contribution in [0.4, 0.5) is 19.0 Å². The van der Waals surface area contributed by atoms with Crippen LogP contribution in [0, 0.1) is 0 Å². The summed E-state index contributed by atoms with van der Waals surface area (Å²) in [6, 6.07) is 4.85. The number of nitrogen functional groups attached to an aromatic ring is 1. The molecular formula is C20H23ClF3N9O2. The van der Waals surface area contributed by atoms with E-state index >= 15 is 0 Å². The van der Waals surface area contributed by atoms with Gasteiger partial charge in [-0.2, -0.15) is 23.0 Å². The molecule has 1 fully saturated rings. The summed E-state index contributed by atoms with van der Waals surface area (Å²) in [5.74, 6) is -0.616. The Balaban J connectivity index is 0.00000342. The number of hydrogen-bond donors (Lipinski definition) is 2. The first-order valence-corrected chi connectivity index (χ1v) is 10.5. The SMILES string of the molecule is CC1CCCCN1Cc1c(C(=O)N/N=C\c2cccc(C(F)(F)F)c2)nnn1-c1nonc1N.Cl. The van der Waals surface area contributed by atoms with Gasteiger partial charge in [0.25, 0.3) is 5.91 Å². The molecule has 0 aliphatic carbocycles. The van der Waals surface area contributed by atoms with Crippen LogP contribution in [0.1, 0.15) is 53.5 Å². The largest absolute Gasteiger partial charge is 0.416 e. The van der Waals surface area contributed by atoms with Gasteiger partial charge in [0.2, 0.25) is 11.6 Å². The Bertz CT molecular complexity index is 1190. The van der Waals surface area contributed by atoms with Gasteiger partial charge >= 0.3 is 6.18 Å². The summed E-state index contributed by atoms with van der Waals surface area (Å²) in [5.41, 5.74) is 7.82. The molecule has 3 aromatic rings. The monoisotopic (exact) mass is 513 g/mol. The molecule has 1 aliphatic heterocycles. The predicted octanol–water partition coefficient (Wildman–Crippen LogP) is 2.81. The minimum atomic E-state index is -4.48. The molecule has 35 heavy (non-hydrogen) atoms. The van der Waals surface area contributed by atoms with Crippen molar-refractivity contribution in [3.8, 4) is 5.82 Å². The number of alkyl halides is 3. The number of hydrazone groups is 1. The lowest BCUT2D eigenvalue weighted by molar-refractivity contribution is -0.137. The first-order chi connectivity index (χ1) is 16.2. The Kier molecular flexibility index (Phi) is 8.07. The fraction of sp³-hybridized carbons (Fsp3) is 0.400. The average molecular weight is 514 g/mol. The number of hydrogen-bond acceptors (Lipinski definition) is 9. The van der Waals surface area contributed by atoms with E-state index < -0.39 is 17.6 Å². The molecule has 0 spiro atoms. The lowest BCUT2D eigenvalue weighted by Crippen LogP contribution is -2.38. The predicted molar refractivity (Wildman–Crippen MR) is 121 cm³/mol. The van der Waals surface area contributed by atoms with Gasteiger partial charge in [-0.25, -0.2) is 10.1 Å². The number of piperidine rings is 1. The fourth-order valence-electron chi connectivity index (χ4n) is 3.73. The summed E-state index contributed by atoms with van der Waals surface area (Å²) < 4.78 is 44.6. The van der Waals surface area contributed by atoms with Crippen molar-refractivity contribution in [3.63, 3.8) is 0 Å². The van der Waals surface area contributed by atoms with E-state index in [9.17, 15) is 18.0 Å². The van der Waals surface area contributed by atoms with E-state index in [2.05, 4.69) is 47.6 Å². The number of nitrogens with zero attached hydrogens (tertiary/aromatic N) is 7. The number of amides is 1. The zero-order valence-electron chi connectivity index (χ0n) is 18.6. The minimum absolute atomic E-state index is 0. The second kappa shape index (κ2) is 10.8. The number of nitrogens with two attached hydrogens (primary N) is 1. The molecule has 3 heterocycles. The number of carbonyl (C=O) groups excluding carboxylic acids is 1. The van der Waals surface area contributed by atoms with Crippen molar-refractivity contribution in [2.75, 3.05) is 12.3 Å². The van der Waals surface area contributed by atoms with Gasteiger partial charge in [0.05, 0.1) is 17.5 Å². The first-order valence-electron chi connectivity index (χ1n) is 10.5. The zero-order chi connectivity index (χ0) is 24.3. The smallest absolute Gasteiger partial charge is 0.378 e. The van der Waals surface area contributed by atoms with E-state index in [1.807, 2.05) is 0 Å². The molecule has 1 unspecified atom stereocenters. The van der Waals surface area contributed by atoms with Gasteiger partial charge in [0.15, 0.2) is 5.69 Å². The van der Waals surface area contributed by atoms with Crippen LogP contribution in [0.3, 0.4) is 0 Å². The molecule has 1 atom stereocenters. The molecule has 1 aliphatic rings. The van der Waals surface area contributed by atoms with Gasteiger partial charge in [-0.15, -0.1) is 17.5 Å². The molecule has 2 aromatic heterocycles. The van der Waals surface area contributed by atoms with Gasteiger partial charge in [0, 0.05) is 12.6 Å². The molecular weight excluding hydrogens is 491 g/mol. The summed E-state index contributed by atoms with van der Waals surface area (Å²) in [6.07, 6.45) is -0.221. The molecule has 3 N–H and O–H groups in total. The summed E-state index contributed by atoms with van der Waals surface area (Å²) in [4.78, 5) is 15.0. The van der Waals surface area contributed by atoms with Crippen molar-refractivity contribution >= 4 is 30.3 Å². The number of rotatable bonds is 6. The Hall–Kier alpha value is -3.52. The number of aromatic nitrogens is 5. The average Bonchev–Trinajstić information content (AvgIpc) is 3.40. The van der Waals surface area contributed by atoms with Crippen molar-refractivity contribution in [2.24, 2.45) is 5.10 Å². The highest BCUT2D eigenvalue weighted by Gasteiger charge is 2.30. The van der Waals surface area contributed by atoms with E-state index in [1.54, 1.807) is 0 Å². The van der Waals surface area contributed by atoms with E-state index in [4.69, 9.17) is 5.73 Å². The Morgan fingerprint density at radius 2 is 2.14 bits per heavy atom. The van der Waals surface area contributed by atoms with Crippen molar-refractivity contribution in [1.29, 1.82) is 0 Å². The highest BCUT2D eigenvalue weighted by Crippen LogP contribution is 2.29. The molecule has 0 radical (unpaired) electrons. The van der Waals surface area contributed by atoms with Crippen LogP contribution < -0.4 is 11.2 Å². The fourth-order valence-corrected chi connectivity index (χ4v) is 3.73. The molecule has 1 amide bonds. The van der Waals surface area contributed by atoms with E-state index in [0.29, 0.717) is 12.2 Å². The standard InChI is InChI=1S/C20H22F3N9O2.ClH/c1-12-5-2-3-8-31(12)11-15-16(26-30-32(15)18-17(24)28-34-29-18)19(33)27-25-10-13-6-4-7-14(9-13)20(21,22)23;/h4,6-7,9-10,12H,2-3,5,8,11H2,1H3,(H2,24,28)(H,27,33);1H/b25-10-;. The highest BCUT2D eigenvalue weighted by molar-refractivity contribution is 5.94. The highest BCUT2D eigenvalue weighted by atomic mass is 35.5. The third-order valence-electron chi connectivity index (χ3n) is 5.56. The Morgan fingerprint density at radius 3 is 2.83 bits per heavy atom. The number of nitrogens with one attached hydrogen (secondary N) is 1. The summed E-state index contributed by atoms with van der Waals surface area (Å²) in [5, 5.41) is 19.0. The van der Waals surface area contributed by atoms with Gasteiger partial charge in [-0.05, 0) is 54.3 Å². The van der Waals surface area contributed by atoms with E-state index in [-0.39, 0.29) is 41.3 Å². The molecule has 1 saturated heterocycles. The molecule has 0 bridgehead atoms. The number of carbonyl (C=O) groups is 1. The molecule has 15 heteroatoms. The zero-order valence-corrected chi connectivity index (χ0v) is 19.4. The van der Waals surface area contributed by atoms with Crippen molar-refractivity contribution in [2.45, 2.75) is 44.9 Å². The van der Waals surface area contributed by atoms with Crippen molar-refractivity contribution < 1.29 is 22.6 Å². The van der Waals surface area contributed by atoms with Crippen LogP contribution in [0.5, 0.6) is 0 Å². The van der Waals surface area contributed by atoms with Crippen molar-refractivity contribution in [1.82, 2.24) is 35.6 Å². The lowest BCUT2D eigenvalue weighted by Gasteiger charge is -2.33.